The van der Waals surface area contributed by atoms with Crippen LogP contribution in [0, 0.1) is 0 Å². The van der Waals surface area contributed by atoms with Crippen molar-refractivity contribution >= 4 is 17.4 Å². The standard InChI is InChI=1S/C12H16F3N3O2/c13-12(14,15)11(20)18-9-4-5-10(17-8-9)16-6-2-1-3-7-19/h4-5,8,19H,1-3,6-7H2,(H,16,17)(H,18,20). The summed E-state index contributed by atoms with van der Waals surface area (Å²) in [5.41, 5.74) is -0.0156. The third-order valence-electron chi connectivity index (χ3n) is 2.42. The maximum absolute atomic E-state index is 12.0. The number of nitrogens with one attached hydrogen (secondary N) is 2. The number of carbonyl (C=O) groups is 1. The largest absolute Gasteiger partial charge is 0.471 e. The molecule has 0 saturated carbocycles. The minimum absolute atomic E-state index is 0.0156. The third kappa shape index (κ3) is 5.87. The molecule has 20 heavy (non-hydrogen) atoms. The molecule has 0 radical (unpaired) electrons. The lowest BCUT2D eigenvalue weighted by atomic mass is 10.2. The molecule has 0 atom stereocenters. The Hall–Kier alpha value is -1.83. The highest BCUT2D eigenvalue weighted by atomic mass is 19.4. The Morgan fingerprint density at radius 1 is 1.25 bits per heavy atom. The molecule has 1 heterocycles. The maximum atomic E-state index is 12.0. The summed E-state index contributed by atoms with van der Waals surface area (Å²) >= 11 is 0. The molecule has 112 valence electrons. The number of rotatable bonds is 7. The lowest BCUT2D eigenvalue weighted by Crippen LogP contribution is -2.29. The molecule has 1 rings (SSSR count). The third-order valence-corrected chi connectivity index (χ3v) is 2.42. The van der Waals surface area contributed by atoms with Crippen LogP contribution in [0.15, 0.2) is 18.3 Å². The molecular formula is C12H16F3N3O2. The van der Waals surface area contributed by atoms with Crippen LogP contribution in [0.2, 0.25) is 0 Å². The molecule has 3 N–H and O–H groups in total. The SMILES string of the molecule is O=C(Nc1ccc(NCCCCCO)nc1)C(F)(F)F. The van der Waals surface area contributed by atoms with E-state index < -0.39 is 12.1 Å². The van der Waals surface area contributed by atoms with E-state index in [-0.39, 0.29) is 12.3 Å². The van der Waals surface area contributed by atoms with Crippen molar-refractivity contribution in [2.75, 3.05) is 23.8 Å². The summed E-state index contributed by atoms with van der Waals surface area (Å²) in [4.78, 5) is 14.6. The fraction of sp³-hybridized carbons (Fsp3) is 0.500. The lowest BCUT2D eigenvalue weighted by Gasteiger charge is -2.09. The van der Waals surface area contributed by atoms with Crippen LogP contribution in [0.25, 0.3) is 0 Å². The summed E-state index contributed by atoms with van der Waals surface area (Å²) in [5, 5.41) is 13.3. The zero-order valence-electron chi connectivity index (χ0n) is 10.7. The number of aliphatic hydroxyl groups excluding tert-OH is 1. The number of hydrogen-bond donors (Lipinski definition) is 3. The van der Waals surface area contributed by atoms with Gasteiger partial charge >= 0.3 is 12.1 Å². The molecule has 8 heteroatoms. The van der Waals surface area contributed by atoms with Crippen molar-refractivity contribution in [1.82, 2.24) is 4.98 Å². The average molecular weight is 291 g/mol. The van der Waals surface area contributed by atoms with E-state index in [1.807, 2.05) is 0 Å². The number of alkyl halides is 3. The molecule has 5 nitrogen and oxygen atoms in total. The minimum Gasteiger partial charge on any atom is -0.396 e. The zero-order valence-corrected chi connectivity index (χ0v) is 10.7. The van der Waals surface area contributed by atoms with Gasteiger partial charge in [0.2, 0.25) is 0 Å². The first-order valence-electron chi connectivity index (χ1n) is 6.12. The van der Waals surface area contributed by atoms with Gasteiger partial charge in [-0.2, -0.15) is 13.2 Å². The van der Waals surface area contributed by atoms with Crippen molar-refractivity contribution in [3.63, 3.8) is 0 Å². The molecule has 0 saturated heterocycles. The quantitative estimate of drug-likeness (QED) is 0.673. The maximum Gasteiger partial charge on any atom is 0.471 e. The van der Waals surface area contributed by atoms with Crippen molar-refractivity contribution in [3.05, 3.63) is 18.3 Å². The predicted octanol–water partition coefficient (Wildman–Crippen LogP) is 2.16. The number of anilines is 2. The number of unbranched alkanes of at least 4 members (excludes halogenated alkanes) is 2. The Bertz CT molecular complexity index is 421. The van der Waals surface area contributed by atoms with E-state index in [1.165, 1.54) is 12.1 Å². The monoisotopic (exact) mass is 291 g/mol. The molecule has 1 amide bonds. The molecule has 0 aliphatic rings. The van der Waals surface area contributed by atoms with E-state index in [2.05, 4.69) is 10.3 Å². The van der Waals surface area contributed by atoms with E-state index in [0.29, 0.717) is 12.4 Å². The summed E-state index contributed by atoms with van der Waals surface area (Å²) in [5.74, 6) is -1.51. The number of nitrogens with zero attached hydrogens (tertiary/aromatic N) is 1. The second kappa shape index (κ2) is 7.68. The molecule has 0 aliphatic carbocycles. The summed E-state index contributed by atoms with van der Waals surface area (Å²) in [6, 6.07) is 2.82. The van der Waals surface area contributed by atoms with Crippen molar-refractivity contribution in [2.24, 2.45) is 0 Å². The number of halogens is 3. The highest BCUT2D eigenvalue weighted by Gasteiger charge is 2.38. The van der Waals surface area contributed by atoms with Crippen LogP contribution >= 0.6 is 0 Å². The van der Waals surface area contributed by atoms with Gasteiger partial charge in [0, 0.05) is 13.2 Å². The molecular weight excluding hydrogens is 275 g/mol. The van der Waals surface area contributed by atoms with Crippen LogP contribution < -0.4 is 10.6 Å². The lowest BCUT2D eigenvalue weighted by molar-refractivity contribution is -0.167. The first kappa shape index (κ1) is 16.2. The van der Waals surface area contributed by atoms with Crippen LogP contribution in [0.1, 0.15) is 19.3 Å². The van der Waals surface area contributed by atoms with E-state index >= 15 is 0 Å². The highest BCUT2D eigenvalue weighted by Crippen LogP contribution is 2.18. The van der Waals surface area contributed by atoms with Gasteiger partial charge in [-0.05, 0) is 31.4 Å². The molecule has 0 unspecified atom stereocenters. The molecule has 0 fully saturated rings. The normalized spacial score (nSPS) is 11.2. The van der Waals surface area contributed by atoms with Gasteiger partial charge in [-0.15, -0.1) is 0 Å². The summed E-state index contributed by atoms with van der Waals surface area (Å²) in [7, 11) is 0. The predicted molar refractivity (Wildman–Crippen MR) is 68.3 cm³/mol. The zero-order chi connectivity index (χ0) is 15.0. The smallest absolute Gasteiger partial charge is 0.396 e. The van der Waals surface area contributed by atoms with E-state index in [4.69, 9.17) is 5.11 Å². The molecule has 0 spiro atoms. The topological polar surface area (TPSA) is 74.2 Å². The number of pyridine rings is 1. The Labute approximate surface area is 114 Å². The van der Waals surface area contributed by atoms with Gasteiger partial charge < -0.3 is 15.7 Å². The number of amides is 1. The van der Waals surface area contributed by atoms with Gasteiger partial charge in [0.1, 0.15) is 5.82 Å². The first-order chi connectivity index (χ1) is 9.43. The molecule has 0 bridgehead atoms. The average Bonchev–Trinajstić information content (AvgIpc) is 2.39. The molecule has 1 aromatic heterocycles. The van der Waals surface area contributed by atoms with Gasteiger partial charge in [-0.1, -0.05) is 0 Å². The first-order valence-corrected chi connectivity index (χ1v) is 6.12. The highest BCUT2D eigenvalue weighted by molar-refractivity contribution is 5.94. The van der Waals surface area contributed by atoms with Crippen molar-refractivity contribution < 1.29 is 23.1 Å². The van der Waals surface area contributed by atoms with Gasteiger partial charge in [-0.25, -0.2) is 4.98 Å². The molecule has 0 aromatic carbocycles. The number of aliphatic hydroxyl groups is 1. The van der Waals surface area contributed by atoms with Crippen molar-refractivity contribution in [3.8, 4) is 0 Å². The number of carbonyl (C=O) groups excluding carboxylic acids is 1. The van der Waals surface area contributed by atoms with Gasteiger partial charge in [0.15, 0.2) is 0 Å². The van der Waals surface area contributed by atoms with Crippen LogP contribution in [-0.2, 0) is 4.79 Å². The van der Waals surface area contributed by atoms with Crippen LogP contribution in [0.4, 0.5) is 24.7 Å². The molecule has 0 aliphatic heterocycles. The van der Waals surface area contributed by atoms with Crippen LogP contribution in [0.5, 0.6) is 0 Å². The van der Waals surface area contributed by atoms with Crippen molar-refractivity contribution in [2.45, 2.75) is 25.4 Å². The van der Waals surface area contributed by atoms with Crippen LogP contribution in [0.3, 0.4) is 0 Å². The second-order valence-corrected chi connectivity index (χ2v) is 4.10. The Morgan fingerprint density at radius 3 is 2.55 bits per heavy atom. The Balaban J connectivity index is 2.39. The number of hydrogen-bond acceptors (Lipinski definition) is 4. The van der Waals surface area contributed by atoms with E-state index in [9.17, 15) is 18.0 Å². The van der Waals surface area contributed by atoms with E-state index in [0.717, 1.165) is 25.5 Å². The van der Waals surface area contributed by atoms with Crippen molar-refractivity contribution in [1.29, 1.82) is 0 Å². The minimum atomic E-state index is -4.91. The fourth-order valence-electron chi connectivity index (χ4n) is 1.40. The second-order valence-electron chi connectivity index (χ2n) is 4.10. The summed E-state index contributed by atoms with van der Waals surface area (Å²) < 4.78 is 36.1. The van der Waals surface area contributed by atoms with E-state index in [1.54, 1.807) is 5.32 Å². The van der Waals surface area contributed by atoms with Gasteiger partial charge in [0.25, 0.3) is 0 Å². The molecule has 1 aromatic rings. The fourth-order valence-corrected chi connectivity index (χ4v) is 1.40. The van der Waals surface area contributed by atoms with Gasteiger partial charge in [-0.3, -0.25) is 4.79 Å². The number of aromatic nitrogens is 1. The summed E-state index contributed by atoms with van der Waals surface area (Å²) in [6.45, 7) is 0.813. The van der Waals surface area contributed by atoms with Gasteiger partial charge in [0.05, 0.1) is 11.9 Å². The van der Waals surface area contributed by atoms with Crippen LogP contribution in [-0.4, -0.2) is 35.3 Å². The summed E-state index contributed by atoms with van der Waals surface area (Å²) in [6.07, 6.45) is -1.29. The Morgan fingerprint density at radius 2 is 2.00 bits per heavy atom. The Kier molecular flexibility index (Phi) is 6.23.